The highest BCUT2D eigenvalue weighted by atomic mass is 32.2. The second kappa shape index (κ2) is 43.5. The minimum Gasteiger partial charge on any atom is -0.508 e. The van der Waals surface area contributed by atoms with E-state index in [1.807, 2.05) is 101 Å². The minimum absolute atomic E-state index is 0.000594. The number of aliphatic imine (C=N–C) groups is 2. The number of benzene rings is 5. The van der Waals surface area contributed by atoms with Gasteiger partial charge in [0.25, 0.3) is 20.2 Å². The molecule has 117 heavy (non-hydrogen) atoms. The second-order valence-corrected chi connectivity index (χ2v) is 34.2. The summed E-state index contributed by atoms with van der Waals surface area (Å²) >= 11 is 0. The molecular formula is C86H117N14O15S2+. The summed E-state index contributed by atoms with van der Waals surface area (Å²) in [5.74, 6) is -3.46. The van der Waals surface area contributed by atoms with Gasteiger partial charge in [0, 0.05) is 106 Å². The van der Waals surface area contributed by atoms with Crippen molar-refractivity contribution >= 4 is 107 Å². The van der Waals surface area contributed by atoms with Crippen molar-refractivity contribution in [3.8, 4) is 5.75 Å². The van der Waals surface area contributed by atoms with E-state index in [-0.39, 0.29) is 90.6 Å². The molecule has 0 aromatic heterocycles. The van der Waals surface area contributed by atoms with Gasteiger partial charge in [-0.1, -0.05) is 119 Å². The van der Waals surface area contributed by atoms with Crippen LogP contribution in [0.15, 0.2) is 159 Å². The van der Waals surface area contributed by atoms with Gasteiger partial charge in [-0.25, -0.2) is 0 Å². The Balaban J connectivity index is 0.759. The Hall–Kier alpha value is -10.6. The number of carbonyl (C=O) groups excluding carboxylic acids is 8. The SMILES string of the molecule is CC(=O)CCCCC[N+]1=C(C=CC=CC=C2N(CCCCCC(=O)CC(=O)NCCCCCCN=C(N)NCCCCCCN3C(=O)[C@@H](Cc4ccc(O)cc4)NC(=O)CNC(=O)[C@H](Cc4ccc5ccccc5c4)NC(=O)[C@H](CCCN=C(N)N)NC(=O)[C@H]3C)c3ccc(S(=O)(=O)O)cc3C2(C)C)C(C)(C)c2cc(S(=O)(=O)O)ccc21. The van der Waals surface area contributed by atoms with Gasteiger partial charge in [0.2, 0.25) is 41.1 Å². The average Bonchev–Trinajstić information content (AvgIpc) is 1.59. The van der Waals surface area contributed by atoms with Gasteiger partial charge in [-0.05, 0) is 168 Å². The molecular weight excluding hydrogens is 1530 g/mol. The highest BCUT2D eigenvalue weighted by Crippen LogP contribution is 2.49. The maximum absolute atomic E-state index is 14.9. The molecule has 5 aromatic carbocycles. The fourth-order valence-electron chi connectivity index (χ4n) is 15.0. The van der Waals surface area contributed by atoms with Crippen molar-refractivity contribution in [2.75, 3.05) is 57.3 Å². The van der Waals surface area contributed by atoms with E-state index in [4.69, 9.17) is 17.2 Å². The van der Waals surface area contributed by atoms with E-state index >= 15 is 0 Å². The first-order valence-electron chi connectivity index (χ1n) is 40.4. The summed E-state index contributed by atoms with van der Waals surface area (Å²) in [5, 5.41) is 29.1. The van der Waals surface area contributed by atoms with Crippen LogP contribution in [0.1, 0.15) is 186 Å². The zero-order chi connectivity index (χ0) is 85.0. The van der Waals surface area contributed by atoms with Crippen molar-refractivity contribution in [3.63, 3.8) is 0 Å². The van der Waals surface area contributed by atoms with Crippen molar-refractivity contribution in [3.05, 3.63) is 161 Å². The number of amides is 6. The number of allylic oxidation sites excluding steroid dienone is 6. The zero-order valence-corrected chi connectivity index (χ0v) is 69.7. The first kappa shape index (κ1) is 91.9. The smallest absolute Gasteiger partial charge is 0.294 e. The van der Waals surface area contributed by atoms with Crippen molar-refractivity contribution in [1.82, 2.24) is 36.8 Å². The first-order valence-corrected chi connectivity index (χ1v) is 43.3. The van der Waals surface area contributed by atoms with E-state index in [0.717, 1.165) is 83.2 Å². The van der Waals surface area contributed by atoms with Gasteiger partial charge in [0.1, 0.15) is 48.0 Å². The molecule has 29 nitrogen and oxygen atoms in total. The van der Waals surface area contributed by atoms with Crippen LogP contribution in [0.3, 0.4) is 0 Å². The molecule has 6 amide bonds. The number of nitrogens with zero attached hydrogens (tertiary/aromatic N) is 5. The van der Waals surface area contributed by atoms with E-state index in [0.29, 0.717) is 108 Å². The quantitative estimate of drug-likeness (QED) is 0.00332. The number of nitrogens with two attached hydrogens (primary N) is 3. The lowest BCUT2D eigenvalue weighted by Gasteiger charge is -2.33. The highest BCUT2D eigenvalue weighted by molar-refractivity contribution is 7.86. The molecule has 0 aliphatic carbocycles. The monoisotopic (exact) mass is 1650 g/mol. The summed E-state index contributed by atoms with van der Waals surface area (Å²) in [7, 11) is -8.97. The Labute approximate surface area is 686 Å². The van der Waals surface area contributed by atoms with E-state index in [9.17, 15) is 69.4 Å². The second-order valence-electron chi connectivity index (χ2n) is 31.3. The zero-order valence-electron chi connectivity index (χ0n) is 68.0. The molecule has 31 heteroatoms. The van der Waals surface area contributed by atoms with Gasteiger partial charge in [0.15, 0.2) is 17.6 Å². The predicted molar refractivity (Wildman–Crippen MR) is 453 cm³/mol. The van der Waals surface area contributed by atoms with Gasteiger partial charge >= 0.3 is 0 Å². The molecule has 0 unspecified atom stereocenters. The van der Waals surface area contributed by atoms with Gasteiger partial charge in [-0.3, -0.25) is 52.7 Å². The fourth-order valence-corrected chi connectivity index (χ4v) is 16.0. The van der Waals surface area contributed by atoms with Crippen molar-refractivity contribution in [1.29, 1.82) is 0 Å². The number of anilines is 1. The summed E-state index contributed by atoms with van der Waals surface area (Å²) in [6.07, 6.45) is 20.4. The van der Waals surface area contributed by atoms with Gasteiger partial charge in [-0.2, -0.15) is 21.4 Å². The third kappa shape index (κ3) is 27.5. The predicted octanol–water partition coefficient (Wildman–Crippen LogP) is 8.36. The normalized spacial score (nSPS) is 18.4. The van der Waals surface area contributed by atoms with Crippen molar-refractivity contribution < 1.29 is 74.0 Å². The lowest BCUT2D eigenvalue weighted by molar-refractivity contribution is -0.438. The van der Waals surface area contributed by atoms with Crippen LogP contribution >= 0.6 is 0 Å². The number of phenols is 1. The Morgan fingerprint density at radius 2 is 1.22 bits per heavy atom. The van der Waals surface area contributed by atoms with Gasteiger partial charge in [0.05, 0.1) is 28.2 Å². The number of Topliss-reactive ketones (excluding diaryl/α,β-unsaturated/α-hetero) is 2. The van der Waals surface area contributed by atoms with E-state index < -0.39 is 91.3 Å². The molecule has 1 saturated heterocycles. The van der Waals surface area contributed by atoms with Crippen LogP contribution in [0.5, 0.6) is 5.75 Å². The van der Waals surface area contributed by atoms with Crippen molar-refractivity contribution in [2.45, 2.75) is 221 Å². The lowest BCUT2D eigenvalue weighted by atomic mass is 9.81. The fraction of sp³-hybridized carbons (Fsp3) is 0.477. The number of hydrogen-bond acceptors (Lipinski definition) is 16. The van der Waals surface area contributed by atoms with E-state index in [2.05, 4.69) is 51.4 Å². The molecule has 8 rings (SSSR count). The standard InChI is InChI=1S/C86H116N14O15S2/c1-58(101)27-14-12-24-49-99-73-42-40-66(116(110,111)112)55-68(73)85(3,4)75(99)32-16-11-17-33-76-86(5,6)69-56-67(117(113,114)115)41-43-74(69)100(76)50-25-13-15-30-65(103)54-77(104)90-44-20-7-8-21-45-92-84(89)93-46-22-9-10-23-48-98-59(2)79(106)96-70(31-26-47-91-83(87)88)81(108)97-71(53-61-34-37-62-28-18-19-29-63(62)51-61)80(107)94-57-78(105)95-72(82(98)109)52-60-35-38-64(102)39-36-60/h11,16-19,28-29,32-43,51,55-56,59,70-72H,7-10,12-15,20-27,30-31,44-50,52-54,57H2,1-6H3,(H14-,87,88,89,90,91,92,93,94,95,96,97,102,104,105,106,107,108,110,111,112,113,114,115)/p+1/t59-,70+,71+,72-/m1/s1. The first-order chi connectivity index (χ1) is 55.6. The third-order valence-electron chi connectivity index (χ3n) is 21.5. The number of aromatic hydroxyl groups is 1. The Kier molecular flexibility index (Phi) is 34.2. The number of ketones is 2. The lowest BCUT2D eigenvalue weighted by Crippen LogP contribution is -2.58. The third-order valence-corrected chi connectivity index (χ3v) is 23.2. The maximum Gasteiger partial charge on any atom is 0.294 e. The average molecular weight is 1650 g/mol. The van der Waals surface area contributed by atoms with E-state index in [1.165, 1.54) is 41.3 Å². The highest BCUT2D eigenvalue weighted by Gasteiger charge is 2.46. The molecule has 5 aromatic rings. The Bertz CT molecular complexity index is 4800. The summed E-state index contributed by atoms with van der Waals surface area (Å²) < 4.78 is 71.2. The van der Waals surface area contributed by atoms with E-state index in [1.54, 1.807) is 38.1 Å². The largest absolute Gasteiger partial charge is 0.508 e. The summed E-state index contributed by atoms with van der Waals surface area (Å²) in [5.41, 5.74) is 22.3. The van der Waals surface area contributed by atoms with Crippen LogP contribution in [0, 0.1) is 0 Å². The number of nitrogens with one attached hydrogen (secondary N) is 6. The van der Waals surface area contributed by atoms with Crippen molar-refractivity contribution in [2.24, 2.45) is 27.2 Å². The minimum atomic E-state index is -4.51. The van der Waals surface area contributed by atoms with Crippen LogP contribution in [-0.2, 0) is 82.3 Å². The Morgan fingerprint density at radius 1 is 0.607 bits per heavy atom. The number of rotatable bonds is 41. The summed E-state index contributed by atoms with van der Waals surface area (Å²) in [6, 6.07) is 24.0. The molecule has 1 fully saturated rings. The Morgan fingerprint density at radius 3 is 1.93 bits per heavy atom. The molecule has 0 spiro atoms. The molecule has 0 saturated carbocycles. The number of unbranched alkanes of at least 4 members (excludes halogenated alkanes) is 10. The number of hydrogen-bond donors (Lipinski definition) is 12. The number of fused-ring (bicyclic) bond motifs is 3. The molecule has 3 heterocycles. The number of phenolic OH excluding ortho intramolecular Hbond substituents is 1. The van der Waals surface area contributed by atoms with Gasteiger partial charge < -0.3 is 68.8 Å². The number of guanidine groups is 2. The molecule has 3 aliphatic rings. The van der Waals surface area contributed by atoms with Crippen LogP contribution in [0.4, 0.5) is 11.4 Å². The van der Waals surface area contributed by atoms with Crippen LogP contribution in [-0.4, -0.2) is 182 Å². The topological polar surface area (TPSA) is 450 Å². The molecule has 0 bridgehead atoms. The maximum atomic E-state index is 14.9. The molecule has 4 atom stereocenters. The summed E-state index contributed by atoms with van der Waals surface area (Å²) in [4.78, 5) is 121. The molecule has 15 N–H and O–H groups in total. The van der Waals surface area contributed by atoms with Crippen LogP contribution in [0.25, 0.3) is 10.8 Å². The number of carbonyl (C=O) groups is 8. The molecule has 0 radical (unpaired) electrons. The van der Waals surface area contributed by atoms with Crippen LogP contribution < -0.4 is 54.0 Å². The molecule has 632 valence electrons. The molecule has 3 aliphatic heterocycles. The van der Waals surface area contributed by atoms with Crippen LogP contribution in [0.2, 0.25) is 0 Å². The van der Waals surface area contributed by atoms with Gasteiger partial charge in [-0.15, -0.1) is 0 Å². The summed E-state index contributed by atoms with van der Waals surface area (Å²) in [6.45, 7) is 13.4.